The number of benzene rings is 2. The fraction of sp³-hybridized carbons (Fsp3) is 0.348. The Hall–Kier alpha value is -2.26. The SMILES string of the molecule is CCCCCn1cc(C(=O)NC(C)(C)c2ccc(Cl)cc2)c2ccccc21. The van der Waals surface area contributed by atoms with Gasteiger partial charge in [-0.3, -0.25) is 4.79 Å². The molecule has 0 radical (unpaired) electrons. The Morgan fingerprint density at radius 1 is 1.07 bits per heavy atom. The van der Waals surface area contributed by atoms with Crippen molar-refractivity contribution in [2.45, 2.75) is 52.1 Å². The number of nitrogens with one attached hydrogen (secondary N) is 1. The maximum absolute atomic E-state index is 13.1. The first-order valence-electron chi connectivity index (χ1n) is 9.59. The van der Waals surface area contributed by atoms with Gasteiger partial charge in [-0.1, -0.05) is 61.7 Å². The first-order chi connectivity index (χ1) is 12.9. The van der Waals surface area contributed by atoms with Crippen molar-refractivity contribution >= 4 is 28.4 Å². The van der Waals surface area contributed by atoms with Crippen molar-refractivity contribution in [3.63, 3.8) is 0 Å². The minimum atomic E-state index is -0.493. The molecule has 3 aromatic rings. The number of fused-ring (bicyclic) bond motifs is 1. The van der Waals surface area contributed by atoms with Crippen molar-refractivity contribution in [3.05, 3.63) is 70.9 Å². The summed E-state index contributed by atoms with van der Waals surface area (Å²) in [6.45, 7) is 7.15. The predicted octanol–water partition coefficient (Wildman–Crippen LogP) is 6.15. The van der Waals surface area contributed by atoms with Crippen LogP contribution in [-0.4, -0.2) is 10.5 Å². The summed E-state index contributed by atoms with van der Waals surface area (Å²) in [6, 6.07) is 15.7. The third-order valence-electron chi connectivity index (χ3n) is 5.03. The zero-order chi connectivity index (χ0) is 19.4. The van der Waals surface area contributed by atoms with Gasteiger partial charge in [0.05, 0.1) is 11.1 Å². The lowest BCUT2D eigenvalue weighted by Crippen LogP contribution is -2.40. The van der Waals surface area contributed by atoms with Gasteiger partial charge in [-0.05, 0) is 44.0 Å². The molecule has 1 aromatic heterocycles. The highest BCUT2D eigenvalue weighted by molar-refractivity contribution is 6.30. The fourth-order valence-electron chi connectivity index (χ4n) is 3.43. The van der Waals surface area contributed by atoms with E-state index in [0.717, 1.165) is 35.0 Å². The Balaban J connectivity index is 1.87. The van der Waals surface area contributed by atoms with Gasteiger partial charge in [-0.25, -0.2) is 0 Å². The van der Waals surface area contributed by atoms with E-state index in [9.17, 15) is 4.79 Å². The highest BCUT2D eigenvalue weighted by atomic mass is 35.5. The van der Waals surface area contributed by atoms with E-state index in [1.54, 1.807) is 0 Å². The molecule has 1 heterocycles. The van der Waals surface area contributed by atoms with Crippen LogP contribution in [0, 0.1) is 0 Å². The molecule has 1 N–H and O–H groups in total. The summed E-state index contributed by atoms with van der Waals surface area (Å²) in [6.07, 6.45) is 5.49. The second-order valence-electron chi connectivity index (χ2n) is 7.55. The lowest BCUT2D eigenvalue weighted by molar-refractivity contribution is 0.0913. The summed E-state index contributed by atoms with van der Waals surface area (Å²) in [4.78, 5) is 13.1. The van der Waals surface area contributed by atoms with Crippen molar-refractivity contribution in [3.8, 4) is 0 Å². The predicted molar refractivity (Wildman–Crippen MR) is 113 cm³/mol. The molecule has 27 heavy (non-hydrogen) atoms. The molecular formula is C23H27ClN2O. The van der Waals surface area contributed by atoms with Crippen molar-refractivity contribution in [2.24, 2.45) is 0 Å². The number of halogens is 1. The van der Waals surface area contributed by atoms with Crippen LogP contribution >= 0.6 is 11.6 Å². The molecule has 0 saturated carbocycles. The number of hydrogen-bond donors (Lipinski definition) is 1. The van der Waals surface area contributed by atoms with Crippen LogP contribution in [0.1, 0.15) is 56.0 Å². The fourth-order valence-corrected chi connectivity index (χ4v) is 3.56. The summed E-state index contributed by atoms with van der Waals surface area (Å²) >= 11 is 5.99. The molecule has 3 rings (SSSR count). The van der Waals surface area contributed by atoms with Gasteiger partial charge in [0.25, 0.3) is 5.91 Å². The number of nitrogens with zero attached hydrogens (tertiary/aromatic N) is 1. The number of carbonyl (C=O) groups excluding carboxylic acids is 1. The molecule has 0 fully saturated rings. The Morgan fingerprint density at radius 2 is 1.78 bits per heavy atom. The largest absolute Gasteiger partial charge is 0.347 e. The molecule has 0 unspecified atom stereocenters. The molecule has 0 aliphatic heterocycles. The molecule has 1 amide bonds. The van der Waals surface area contributed by atoms with Gasteiger partial charge in [0.2, 0.25) is 0 Å². The van der Waals surface area contributed by atoms with Crippen LogP contribution in [0.2, 0.25) is 5.02 Å². The van der Waals surface area contributed by atoms with Crippen LogP contribution in [0.3, 0.4) is 0 Å². The number of aryl methyl sites for hydroxylation is 1. The monoisotopic (exact) mass is 382 g/mol. The number of amides is 1. The lowest BCUT2D eigenvalue weighted by atomic mass is 9.94. The number of unbranched alkanes of at least 4 members (excludes halogenated alkanes) is 2. The summed E-state index contributed by atoms with van der Waals surface area (Å²) in [5.74, 6) is -0.0552. The number of para-hydroxylation sites is 1. The Labute approximate surface area is 166 Å². The first kappa shape index (κ1) is 19.5. The first-order valence-corrected chi connectivity index (χ1v) is 9.96. The van der Waals surface area contributed by atoms with Crippen molar-refractivity contribution < 1.29 is 4.79 Å². The Morgan fingerprint density at radius 3 is 2.48 bits per heavy atom. The second kappa shape index (κ2) is 8.18. The zero-order valence-electron chi connectivity index (χ0n) is 16.3. The van der Waals surface area contributed by atoms with Gasteiger partial charge in [0.15, 0.2) is 0 Å². The van der Waals surface area contributed by atoms with Crippen molar-refractivity contribution in [1.82, 2.24) is 9.88 Å². The third-order valence-corrected chi connectivity index (χ3v) is 5.28. The summed E-state index contributed by atoms with van der Waals surface area (Å²) in [5, 5.41) is 4.87. The molecule has 0 aliphatic carbocycles. The van der Waals surface area contributed by atoms with Crippen molar-refractivity contribution in [1.29, 1.82) is 0 Å². The van der Waals surface area contributed by atoms with E-state index in [4.69, 9.17) is 11.6 Å². The maximum atomic E-state index is 13.1. The molecular weight excluding hydrogens is 356 g/mol. The maximum Gasteiger partial charge on any atom is 0.254 e. The van der Waals surface area contributed by atoms with E-state index >= 15 is 0 Å². The van der Waals surface area contributed by atoms with Crippen LogP contribution in [0.5, 0.6) is 0 Å². The number of aromatic nitrogens is 1. The summed E-state index contributed by atoms with van der Waals surface area (Å²) in [5.41, 5.74) is 2.37. The average molecular weight is 383 g/mol. The van der Waals surface area contributed by atoms with E-state index in [-0.39, 0.29) is 5.91 Å². The van der Waals surface area contributed by atoms with E-state index in [0.29, 0.717) is 5.02 Å². The highest BCUT2D eigenvalue weighted by Crippen LogP contribution is 2.26. The molecule has 4 heteroatoms. The molecule has 0 aliphatic rings. The molecule has 0 bridgehead atoms. The van der Waals surface area contributed by atoms with E-state index in [2.05, 4.69) is 22.9 Å². The molecule has 0 spiro atoms. The zero-order valence-corrected chi connectivity index (χ0v) is 17.0. The Kier molecular flexibility index (Phi) is 5.91. The van der Waals surface area contributed by atoms with Gasteiger partial charge in [-0.2, -0.15) is 0 Å². The average Bonchev–Trinajstić information content (AvgIpc) is 3.01. The number of rotatable bonds is 7. The van der Waals surface area contributed by atoms with E-state index in [1.807, 2.05) is 62.5 Å². The van der Waals surface area contributed by atoms with E-state index in [1.165, 1.54) is 12.8 Å². The van der Waals surface area contributed by atoms with Gasteiger partial charge >= 0.3 is 0 Å². The topological polar surface area (TPSA) is 34.0 Å². The lowest BCUT2D eigenvalue weighted by Gasteiger charge is -2.27. The van der Waals surface area contributed by atoms with Crippen LogP contribution < -0.4 is 5.32 Å². The highest BCUT2D eigenvalue weighted by Gasteiger charge is 2.25. The normalized spacial score (nSPS) is 11.7. The number of hydrogen-bond acceptors (Lipinski definition) is 1. The standard InChI is InChI=1S/C23H27ClN2O/c1-4-5-8-15-26-16-20(19-9-6-7-10-21(19)26)22(27)25-23(2,3)17-11-13-18(24)14-12-17/h6-7,9-14,16H,4-5,8,15H2,1-3H3,(H,25,27). The van der Waals surface area contributed by atoms with Gasteiger partial charge < -0.3 is 9.88 Å². The van der Waals surface area contributed by atoms with Gasteiger partial charge in [-0.15, -0.1) is 0 Å². The second-order valence-corrected chi connectivity index (χ2v) is 7.98. The minimum absolute atomic E-state index is 0.0552. The van der Waals surface area contributed by atoms with Gasteiger partial charge in [0.1, 0.15) is 0 Å². The summed E-state index contributed by atoms with van der Waals surface area (Å²) < 4.78 is 2.20. The molecule has 142 valence electrons. The third kappa shape index (κ3) is 4.36. The smallest absolute Gasteiger partial charge is 0.254 e. The summed E-state index contributed by atoms with van der Waals surface area (Å²) in [7, 11) is 0. The van der Waals surface area contributed by atoms with Crippen LogP contribution in [0.15, 0.2) is 54.7 Å². The molecule has 0 atom stereocenters. The van der Waals surface area contributed by atoms with Gasteiger partial charge in [0, 0.05) is 28.7 Å². The van der Waals surface area contributed by atoms with Crippen LogP contribution in [0.25, 0.3) is 10.9 Å². The quantitative estimate of drug-likeness (QED) is 0.488. The van der Waals surface area contributed by atoms with Crippen LogP contribution in [-0.2, 0) is 12.1 Å². The molecule has 2 aromatic carbocycles. The van der Waals surface area contributed by atoms with E-state index < -0.39 is 5.54 Å². The molecule has 0 saturated heterocycles. The van der Waals surface area contributed by atoms with Crippen LogP contribution in [0.4, 0.5) is 0 Å². The Bertz CT molecular complexity index is 925. The number of carbonyl (C=O) groups is 1. The molecule has 3 nitrogen and oxygen atoms in total. The minimum Gasteiger partial charge on any atom is -0.347 e. The van der Waals surface area contributed by atoms with Crippen molar-refractivity contribution in [2.75, 3.05) is 0 Å².